The molecule has 0 aliphatic heterocycles. The van der Waals surface area contributed by atoms with Gasteiger partial charge in [-0.1, -0.05) is 78.9 Å². The van der Waals surface area contributed by atoms with Crippen molar-refractivity contribution < 1.29 is 115 Å². The van der Waals surface area contributed by atoms with Gasteiger partial charge < -0.3 is 0 Å². The lowest BCUT2D eigenvalue weighted by Gasteiger charge is -2.46. The fourth-order valence-electron chi connectivity index (χ4n) is 8.41. The van der Waals surface area contributed by atoms with Crippen LogP contribution in [-0.4, -0.2) is 11.9 Å². The zero-order valence-corrected chi connectivity index (χ0v) is 37.9. The molecule has 412 valence electrons. The predicted molar refractivity (Wildman–Crippen MR) is 230 cm³/mol. The van der Waals surface area contributed by atoms with Crippen LogP contribution in [0.3, 0.4) is 0 Å². The minimum Gasteiger partial charge on any atom is -0.287 e. The summed E-state index contributed by atoms with van der Waals surface area (Å²) in [6, 6.07) is 11.9. The number of aromatic nitrogens is 1. The SMILES string of the molecule is FC(F)(F)c1cc([B-](c2cc(C(F)(F)F)cc(C(F)(F)F)c2)(c2cc(C(F)(F)F)cc(C(F)(F)F)c2)c2cc(C(F)(F)F)cc(C(F)(F)F)c2)cc(C(F)(F)F)c1.N#Cc1ccc2ccc[n+](CC(=O)c3ccccc3)c2c1. The highest BCUT2D eigenvalue weighted by atomic mass is 19.4. The third kappa shape index (κ3) is 13.2. The van der Waals surface area contributed by atoms with E-state index in [-0.39, 0.29) is 12.3 Å². The molecule has 0 saturated heterocycles. The second kappa shape index (κ2) is 20.6. The maximum atomic E-state index is 14.2. The fourth-order valence-corrected chi connectivity index (χ4v) is 8.41. The van der Waals surface area contributed by atoms with Crippen molar-refractivity contribution in [1.82, 2.24) is 0 Å². The number of Topliss-reactive ketones (excluding diaryl/α,β-unsaturated/α-hetero) is 1. The van der Waals surface area contributed by atoms with Gasteiger partial charge in [0.05, 0.1) is 56.1 Å². The van der Waals surface area contributed by atoms with Gasteiger partial charge in [0, 0.05) is 23.1 Å². The van der Waals surface area contributed by atoms with Gasteiger partial charge in [0.2, 0.25) is 17.8 Å². The second-order valence-electron chi connectivity index (χ2n) is 17.0. The molecule has 3 nitrogen and oxygen atoms in total. The van der Waals surface area contributed by atoms with Crippen LogP contribution in [0.2, 0.25) is 0 Å². The third-order valence-electron chi connectivity index (χ3n) is 11.9. The molecule has 0 unspecified atom stereocenters. The van der Waals surface area contributed by atoms with Crippen molar-refractivity contribution in [3.63, 3.8) is 0 Å². The molecule has 0 saturated carbocycles. The lowest BCUT2D eigenvalue weighted by molar-refractivity contribution is -0.657. The van der Waals surface area contributed by atoms with Gasteiger partial charge in [0.25, 0.3) is 0 Å². The molecule has 6 aromatic carbocycles. The molecule has 0 bridgehead atoms. The first-order chi connectivity index (χ1) is 35.5. The summed E-state index contributed by atoms with van der Waals surface area (Å²) < 4.78 is 343. The number of hydrogen-bond donors (Lipinski definition) is 0. The summed E-state index contributed by atoms with van der Waals surface area (Å²) in [7, 11) is 0. The van der Waals surface area contributed by atoms with Gasteiger partial charge in [-0.3, -0.25) is 4.79 Å². The molecule has 0 aliphatic carbocycles. The van der Waals surface area contributed by atoms with Crippen LogP contribution in [-0.2, 0) is 56.0 Å². The number of carbonyl (C=O) groups excluding carboxylic acids is 1. The molecule has 7 rings (SSSR count). The highest BCUT2D eigenvalue weighted by Crippen LogP contribution is 2.41. The molecule has 0 amide bonds. The Bertz CT molecular complexity index is 2970. The molecular formula is C50H25BF24N2O. The minimum atomic E-state index is -6.13. The van der Waals surface area contributed by atoms with Gasteiger partial charge in [0.15, 0.2) is 6.20 Å². The zero-order chi connectivity index (χ0) is 58.6. The van der Waals surface area contributed by atoms with Crippen LogP contribution in [0.1, 0.15) is 60.4 Å². The molecule has 0 fully saturated rings. The number of pyridine rings is 1. The Morgan fingerprint density at radius 1 is 0.385 bits per heavy atom. The molecule has 0 radical (unpaired) electrons. The zero-order valence-electron chi connectivity index (χ0n) is 37.9. The number of ketones is 1. The van der Waals surface area contributed by atoms with Crippen LogP contribution in [0.4, 0.5) is 105 Å². The number of benzene rings is 6. The summed E-state index contributed by atoms with van der Waals surface area (Å²) in [5.74, 6) is 0.0514. The number of fused-ring (bicyclic) bond motifs is 1. The van der Waals surface area contributed by atoms with Crippen LogP contribution < -0.4 is 26.4 Å². The lowest BCUT2D eigenvalue weighted by atomic mass is 9.12. The molecule has 7 aromatic rings. The number of alkyl halides is 24. The molecule has 0 aliphatic rings. The van der Waals surface area contributed by atoms with E-state index in [0.717, 1.165) is 10.9 Å². The largest absolute Gasteiger partial charge is 0.416 e. The van der Waals surface area contributed by atoms with Crippen LogP contribution in [0, 0.1) is 11.3 Å². The van der Waals surface area contributed by atoms with Gasteiger partial charge in [-0.2, -0.15) is 137 Å². The summed E-state index contributed by atoms with van der Waals surface area (Å²) >= 11 is 0. The molecule has 1 heterocycles. The predicted octanol–water partition coefficient (Wildman–Crippen LogP) is 14.1. The van der Waals surface area contributed by atoms with Crippen molar-refractivity contribution in [2.45, 2.75) is 56.0 Å². The summed E-state index contributed by atoms with van der Waals surface area (Å²) in [5, 5.41) is 10.0. The van der Waals surface area contributed by atoms with E-state index in [9.17, 15) is 110 Å². The molecule has 0 spiro atoms. The second-order valence-corrected chi connectivity index (χ2v) is 17.0. The van der Waals surface area contributed by atoms with E-state index >= 15 is 0 Å². The van der Waals surface area contributed by atoms with Crippen molar-refractivity contribution in [3.05, 3.63) is 195 Å². The summed E-state index contributed by atoms with van der Waals surface area (Å²) in [6.07, 6.45) is -52.9. The Labute approximate surface area is 421 Å². The smallest absolute Gasteiger partial charge is 0.287 e. The Balaban J connectivity index is 0.000000387. The van der Waals surface area contributed by atoms with Crippen molar-refractivity contribution >= 4 is 44.7 Å². The van der Waals surface area contributed by atoms with E-state index in [1.807, 2.05) is 65.4 Å². The number of rotatable bonds is 7. The van der Waals surface area contributed by atoms with Crippen molar-refractivity contribution in [2.24, 2.45) is 0 Å². The summed E-state index contributed by atoms with van der Waals surface area (Å²) in [4.78, 5) is 12.3. The van der Waals surface area contributed by atoms with Crippen LogP contribution in [0.5, 0.6) is 0 Å². The summed E-state index contributed by atoms with van der Waals surface area (Å²) in [6.45, 7) is 0.260. The third-order valence-corrected chi connectivity index (χ3v) is 11.9. The molecule has 78 heavy (non-hydrogen) atoms. The fraction of sp³-hybridized carbons (Fsp3) is 0.180. The van der Waals surface area contributed by atoms with E-state index in [1.54, 1.807) is 6.07 Å². The van der Waals surface area contributed by atoms with Gasteiger partial charge in [-0.25, -0.2) is 0 Å². The van der Waals surface area contributed by atoms with Crippen molar-refractivity contribution in [2.75, 3.05) is 0 Å². The topological polar surface area (TPSA) is 44.7 Å². The van der Waals surface area contributed by atoms with Crippen LogP contribution in [0.15, 0.2) is 140 Å². The molecule has 0 atom stereocenters. The maximum Gasteiger partial charge on any atom is 0.416 e. The van der Waals surface area contributed by atoms with Gasteiger partial charge in [-0.15, -0.1) is 0 Å². The summed E-state index contributed by atoms with van der Waals surface area (Å²) in [5.41, 5.74) is -28.0. The number of nitriles is 1. The van der Waals surface area contributed by atoms with Gasteiger partial charge in [0.1, 0.15) is 6.15 Å². The average Bonchev–Trinajstić information content (AvgIpc) is 3.36. The Hall–Kier alpha value is -7.73. The number of hydrogen-bond acceptors (Lipinski definition) is 2. The molecule has 0 N–H and O–H groups in total. The first kappa shape index (κ1) is 59.5. The number of nitrogens with zero attached hydrogens (tertiary/aromatic N) is 2. The van der Waals surface area contributed by atoms with Gasteiger partial charge >= 0.3 is 49.4 Å². The lowest BCUT2D eigenvalue weighted by Crippen LogP contribution is -2.75. The normalized spacial score (nSPS) is 13.2. The van der Waals surface area contributed by atoms with E-state index in [1.165, 1.54) is 0 Å². The van der Waals surface area contributed by atoms with E-state index in [4.69, 9.17) is 5.26 Å². The molecule has 28 heteroatoms. The molecule has 1 aromatic heterocycles. The van der Waals surface area contributed by atoms with E-state index in [2.05, 4.69) is 6.07 Å². The van der Waals surface area contributed by atoms with Crippen molar-refractivity contribution in [3.8, 4) is 6.07 Å². The first-order valence-corrected chi connectivity index (χ1v) is 21.3. The Kier molecular flexibility index (Phi) is 15.7. The minimum absolute atomic E-state index is 0.0514. The quantitative estimate of drug-likeness (QED) is 0.0691. The molecular weight excluding hydrogens is 1110 g/mol. The van der Waals surface area contributed by atoms with E-state index in [0.29, 0.717) is 11.1 Å². The highest BCUT2D eigenvalue weighted by molar-refractivity contribution is 7.20. The van der Waals surface area contributed by atoms with Crippen molar-refractivity contribution in [1.29, 1.82) is 5.26 Å². The average molecular weight is 1140 g/mol. The Morgan fingerprint density at radius 3 is 0.949 bits per heavy atom. The monoisotopic (exact) mass is 1140 g/mol. The highest BCUT2D eigenvalue weighted by Gasteiger charge is 2.47. The first-order valence-electron chi connectivity index (χ1n) is 21.3. The maximum absolute atomic E-state index is 14.2. The van der Waals surface area contributed by atoms with Crippen LogP contribution >= 0.6 is 0 Å². The number of carbonyl (C=O) groups is 1. The number of halogens is 24. The van der Waals surface area contributed by atoms with Crippen LogP contribution in [0.25, 0.3) is 10.9 Å². The Morgan fingerprint density at radius 2 is 0.679 bits per heavy atom. The standard InChI is InChI=1S/C32H12BF24.C18H13N2O/c34-25(35,36)13-1-14(26(37,38)39)6-21(5-13)33(22-7-15(27(40,41)42)2-16(8-22)28(43,44)45,23-9-17(29(46,47)48)3-18(10-23)30(49,50)51)24-11-19(31(52,53)54)4-20(12-24)32(55,56)57;19-12-14-8-9-15-7-4-10-20(17(15)11-14)13-18(21)16-5-2-1-3-6-16/h1-12H;1-11H,13H2/q-1;+1. The van der Waals surface area contributed by atoms with E-state index < -0.39 is 195 Å². The van der Waals surface area contributed by atoms with Gasteiger partial charge in [-0.05, 0) is 42.5 Å².